The van der Waals surface area contributed by atoms with E-state index in [0.29, 0.717) is 54.5 Å². The molecule has 0 bridgehead atoms. The fourth-order valence-electron chi connectivity index (χ4n) is 5.20. The van der Waals surface area contributed by atoms with Crippen molar-refractivity contribution in [3.8, 4) is 0 Å². The van der Waals surface area contributed by atoms with Crippen LogP contribution >= 0.6 is 0 Å². The van der Waals surface area contributed by atoms with Crippen molar-refractivity contribution in [2.24, 2.45) is 5.92 Å². The molecule has 35 heavy (non-hydrogen) atoms. The molecule has 0 radical (unpaired) electrons. The molecule has 0 saturated carbocycles. The van der Waals surface area contributed by atoms with Gasteiger partial charge in [0, 0.05) is 57.1 Å². The summed E-state index contributed by atoms with van der Waals surface area (Å²) in [5, 5.41) is 0. The molecule has 1 aromatic heterocycles. The zero-order valence-electron chi connectivity index (χ0n) is 21.0. The predicted molar refractivity (Wildman–Crippen MR) is 135 cm³/mol. The normalized spacial score (nSPS) is 16.9. The van der Waals surface area contributed by atoms with Crippen molar-refractivity contribution in [1.29, 1.82) is 0 Å². The number of H-pyrrole nitrogens is 1. The molecule has 0 spiro atoms. The number of aromatic nitrogens is 1. The Balaban J connectivity index is 1.26. The van der Waals surface area contributed by atoms with E-state index in [9.17, 15) is 14.4 Å². The molecule has 3 heterocycles. The molecule has 188 valence electrons. The second-order valence-electron chi connectivity index (χ2n) is 9.49. The standard InChI is InChI=1S/C27H36N4O4/c1-4-35-27(34)24-19(2)25(28-20(24)3)26(33)31-12-10-21(11-13-31)18-23(32)30-16-14-29(15-17-30)22-8-6-5-7-9-22/h5-9,21,28H,4,10-18H2,1-3H3. The van der Waals surface area contributed by atoms with Crippen LogP contribution in [0.15, 0.2) is 30.3 Å². The van der Waals surface area contributed by atoms with Gasteiger partial charge in [-0.05, 0) is 57.2 Å². The van der Waals surface area contributed by atoms with Gasteiger partial charge < -0.3 is 24.4 Å². The number of amides is 2. The van der Waals surface area contributed by atoms with Crippen LogP contribution < -0.4 is 4.90 Å². The lowest BCUT2D eigenvalue weighted by atomic mass is 9.92. The maximum Gasteiger partial charge on any atom is 0.340 e. The zero-order chi connectivity index (χ0) is 24.9. The monoisotopic (exact) mass is 480 g/mol. The van der Waals surface area contributed by atoms with Crippen LogP contribution in [0.2, 0.25) is 0 Å². The van der Waals surface area contributed by atoms with Crippen molar-refractivity contribution in [2.45, 2.75) is 40.0 Å². The summed E-state index contributed by atoms with van der Waals surface area (Å²) in [5.41, 5.74) is 3.40. The molecule has 0 unspecified atom stereocenters. The van der Waals surface area contributed by atoms with Crippen molar-refractivity contribution in [2.75, 3.05) is 50.8 Å². The Kier molecular flexibility index (Phi) is 7.78. The molecular weight excluding hydrogens is 444 g/mol. The smallest absolute Gasteiger partial charge is 0.340 e. The number of anilines is 1. The minimum atomic E-state index is -0.403. The molecule has 8 heteroatoms. The number of hydrogen-bond donors (Lipinski definition) is 1. The van der Waals surface area contributed by atoms with Gasteiger partial charge in [0.2, 0.25) is 5.91 Å². The first-order chi connectivity index (χ1) is 16.9. The van der Waals surface area contributed by atoms with Crippen LogP contribution in [0.3, 0.4) is 0 Å². The van der Waals surface area contributed by atoms with E-state index in [1.165, 1.54) is 5.69 Å². The average Bonchev–Trinajstić information content (AvgIpc) is 3.18. The number of piperazine rings is 1. The molecule has 8 nitrogen and oxygen atoms in total. The molecular formula is C27H36N4O4. The number of nitrogens with one attached hydrogen (secondary N) is 1. The molecule has 2 saturated heterocycles. The van der Waals surface area contributed by atoms with E-state index >= 15 is 0 Å². The van der Waals surface area contributed by atoms with Crippen LogP contribution in [0.5, 0.6) is 0 Å². The van der Waals surface area contributed by atoms with Crippen molar-refractivity contribution in [3.63, 3.8) is 0 Å². The van der Waals surface area contributed by atoms with Gasteiger partial charge in [0.05, 0.1) is 12.2 Å². The number of likely N-dealkylation sites (tertiary alicyclic amines) is 1. The number of para-hydroxylation sites is 1. The first-order valence-corrected chi connectivity index (χ1v) is 12.6. The van der Waals surface area contributed by atoms with Gasteiger partial charge >= 0.3 is 5.97 Å². The zero-order valence-corrected chi connectivity index (χ0v) is 21.0. The summed E-state index contributed by atoms with van der Waals surface area (Å²) < 4.78 is 5.14. The summed E-state index contributed by atoms with van der Waals surface area (Å²) in [6, 6.07) is 10.3. The number of carbonyl (C=O) groups excluding carboxylic acids is 3. The second kappa shape index (κ2) is 11.0. The Bertz CT molecular complexity index is 1050. The largest absolute Gasteiger partial charge is 0.462 e. The summed E-state index contributed by atoms with van der Waals surface area (Å²) >= 11 is 0. The number of rotatable bonds is 6. The lowest BCUT2D eigenvalue weighted by molar-refractivity contribution is -0.132. The number of piperidine rings is 1. The highest BCUT2D eigenvalue weighted by Crippen LogP contribution is 2.26. The topological polar surface area (TPSA) is 85.9 Å². The van der Waals surface area contributed by atoms with Crippen LogP contribution in [0.1, 0.15) is 58.3 Å². The summed E-state index contributed by atoms with van der Waals surface area (Å²) in [4.78, 5) is 47.6. The first-order valence-electron chi connectivity index (χ1n) is 12.6. The van der Waals surface area contributed by atoms with E-state index in [0.717, 1.165) is 39.0 Å². The Morgan fingerprint density at radius 1 is 0.943 bits per heavy atom. The summed E-state index contributed by atoms with van der Waals surface area (Å²) in [6.45, 7) is 10.1. The van der Waals surface area contributed by atoms with E-state index in [4.69, 9.17) is 4.74 Å². The first kappa shape index (κ1) is 24.8. The Morgan fingerprint density at radius 2 is 1.60 bits per heavy atom. The lowest BCUT2D eigenvalue weighted by Gasteiger charge is -2.37. The number of carbonyl (C=O) groups is 3. The molecule has 1 N–H and O–H groups in total. The lowest BCUT2D eigenvalue weighted by Crippen LogP contribution is -2.49. The minimum absolute atomic E-state index is 0.0945. The Labute approximate surface area is 207 Å². The van der Waals surface area contributed by atoms with E-state index in [1.54, 1.807) is 20.8 Å². The number of hydrogen-bond acceptors (Lipinski definition) is 5. The van der Waals surface area contributed by atoms with Gasteiger partial charge in [0.25, 0.3) is 5.91 Å². The Morgan fingerprint density at radius 3 is 2.23 bits per heavy atom. The van der Waals surface area contributed by atoms with Gasteiger partial charge in [-0.1, -0.05) is 18.2 Å². The number of ether oxygens (including phenoxy) is 1. The molecule has 2 aliphatic heterocycles. The van der Waals surface area contributed by atoms with Gasteiger partial charge in [-0.15, -0.1) is 0 Å². The van der Waals surface area contributed by atoms with Crippen LogP contribution in [-0.4, -0.2) is 78.4 Å². The van der Waals surface area contributed by atoms with Crippen LogP contribution in [0.25, 0.3) is 0 Å². The third kappa shape index (κ3) is 5.52. The molecule has 2 aromatic rings. The molecule has 2 fully saturated rings. The highest BCUT2D eigenvalue weighted by molar-refractivity contribution is 6.00. The summed E-state index contributed by atoms with van der Waals surface area (Å²) in [7, 11) is 0. The number of esters is 1. The quantitative estimate of drug-likeness (QED) is 0.641. The number of benzene rings is 1. The van der Waals surface area contributed by atoms with Gasteiger partial charge in [-0.25, -0.2) is 4.79 Å². The van der Waals surface area contributed by atoms with Crippen LogP contribution in [0, 0.1) is 19.8 Å². The summed E-state index contributed by atoms with van der Waals surface area (Å²) in [6.07, 6.45) is 2.16. The second-order valence-corrected chi connectivity index (χ2v) is 9.49. The fraction of sp³-hybridized carbons (Fsp3) is 0.519. The van der Waals surface area contributed by atoms with Gasteiger partial charge in [-0.3, -0.25) is 9.59 Å². The van der Waals surface area contributed by atoms with Crippen LogP contribution in [-0.2, 0) is 9.53 Å². The van der Waals surface area contributed by atoms with Gasteiger partial charge in [0.15, 0.2) is 0 Å². The summed E-state index contributed by atoms with van der Waals surface area (Å²) in [5.74, 6) is 0.0141. The van der Waals surface area contributed by atoms with Crippen LogP contribution in [0.4, 0.5) is 5.69 Å². The highest BCUT2D eigenvalue weighted by atomic mass is 16.5. The van der Waals surface area contributed by atoms with Crippen molar-refractivity contribution < 1.29 is 19.1 Å². The van der Waals surface area contributed by atoms with Gasteiger partial charge in [-0.2, -0.15) is 0 Å². The average molecular weight is 481 g/mol. The van der Waals surface area contributed by atoms with E-state index < -0.39 is 5.97 Å². The van der Waals surface area contributed by atoms with E-state index in [1.807, 2.05) is 28.0 Å². The molecule has 2 aliphatic rings. The van der Waals surface area contributed by atoms with Crippen molar-refractivity contribution in [1.82, 2.24) is 14.8 Å². The minimum Gasteiger partial charge on any atom is -0.462 e. The van der Waals surface area contributed by atoms with Crippen molar-refractivity contribution >= 4 is 23.5 Å². The fourth-order valence-corrected chi connectivity index (χ4v) is 5.20. The third-order valence-corrected chi connectivity index (χ3v) is 7.25. The molecule has 1 aromatic carbocycles. The maximum atomic E-state index is 13.2. The van der Waals surface area contributed by atoms with E-state index in [2.05, 4.69) is 22.0 Å². The SMILES string of the molecule is CCOC(=O)c1c(C)[nH]c(C(=O)N2CCC(CC(=O)N3CCN(c4ccccc4)CC3)CC2)c1C. The molecule has 2 amide bonds. The number of nitrogens with zero attached hydrogens (tertiary/aromatic N) is 3. The van der Waals surface area contributed by atoms with E-state index in [-0.39, 0.29) is 11.8 Å². The molecule has 0 aliphatic carbocycles. The predicted octanol–water partition coefficient (Wildman–Crippen LogP) is 3.40. The maximum absolute atomic E-state index is 13.2. The third-order valence-electron chi connectivity index (χ3n) is 7.25. The molecule has 4 rings (SSSR count). The van der Waals surface area contributed by atoms with Crippen molar-refractivity contribution in [3.05, 3.63) is 52.8 Å². The van der Waals surface area contributed by atoms with Gasteiger partial charge in [0.1, 0.15) is 5.69 Å². The number of aryl methyl sites for hydroxylation is 1. The Hall–Kier alpha value is -3.29. The highest BCUT2D eigenvalue weighted by Gasteiger charge is 2.30. The molecule has 0 atom stereocenters. The number of aromatic amines is 1.